The van der Waals surface area contributed by atoms with Gasteiger partial charge >= 0.3 is 0 Å². The highest BCUT2D eigenvalue weighted by Gasteiger charge is 2.45. The van der Waals surface area contributed by atoms with E-state index in [4.69, 9.17) is 4.74 Å². The number of benzene rings is 2. The van der Waals surface area contributed by atoms with Gasteiger partial charge in [0.2, 0.25) is 5.91 Å². The molecule has 3 rings (SSSR count). The molecule has 0 bridgehead atoms. The van der Waals surface area contributed by atoms with Crippen molar-refractivity contribution in [2.24, 2.45) is 0 Å². The second-order valence-corrected chi connectivity index (χ2v) is 6.50. The molecule has 1 amide bonds. The summed E-state index contributed by atoms with van der Waals surface area (Å²) in [5, 5.41) is 3.21. The molecule has 3 nitrogen and oxygen atoms in total. The normalized spacial score (nSPS) is 16.8. The largest absolute Gasteiger partial charge is 0.494 e. The molecule has 0 heterocycles. The van der Waals surface area contributed by atoms with E-state index in [9.17, 15) is 4.79 Å². The molecule has 3 heteroatoms. The van der Waals surface area contributed by atoms with E-state index in [-0.39, 0.29) is 17.4 Å². The molecule has 0 saturated heterocycles. The Bertz CT molecular complexity index is 692. The van der Waals surface area contributed by atoms with Gasteiger partial charge in [-0.1, -0.05) is 48.9 Å². The van der Waals surface area contributed by atoms with Crippen molar-refractivity contribution in [1.82, 2.24) is 5.32 Å². The maximum Gasteiger partial charge on any atom is 0.231 e. The summed E-state index contributed by atoms with van der Waals surface area (Å²) < 4.78 is 5.56. The standard InChI is InChI=1S/C21H25NO2/c1-3-24-19-12-7-9-17(15-19)16(2)22-20(23)21(13-8-14-21)18-10-5-4-6-11-18/h4-7,9-12,15-16H,3,8,13-14H2,1-2H3,(H,22,23). The zero-order chi connectivity index (χ0) is 17.0. The van der Waals surface area contributed by atoms with Crippen molar-refractivity contribution in [3.63, 3.8) is 0 Å². The molecular formula is C21H25NO2. The van der Waals surface area contributed by atoms with Gasteiger partial charge in [0.1, 0.15) is 5.75 Å². The van der Waals surface area contributed by atoms with Crippen molar-refractivity contribution >= 4 is 5.91 Å². The van der Waals surface area contributed by atoms with Gasteiger partial charge in [0, 0.05) is 0 Å². The molecule has 1 fully saturated rings. The minimum atomic E-state index is -0.354. The molecule has 1 N–H and O–H groups in total. The Balaban J connectivity index is 1.75. The van der Waals surface area contributed by atoms with E-state index in [0.29, 0.717) is 6.61 Å². The maximum atomic E-state index is 13.0. The molecule has 0 radical (unpaired) electrons. The SMILES string of the molecule is CCOc1cccc(C(C)NC(=O)C2(c3ccccc3)CCC2)c1. The molecule has 126 valence electrons. The number of carbonyl (C=O) groups excluding carboxylic acids is 1. The van der Waals surface area contributed by atoms with Crippen LogP contribution in [0.1, 0.15) is 50.3 Å². The molecule has 0 aromatic heterocycles. The van der Waals surface area contributed by atoms with Crippen molar-refractivity contribution in [3.05, 3.63) is 65.7 Å². The van der Waals surface area contributed by atoms with Crippen LogP contribution >= 0.6 is 0 Å². The number of ether oxygens (including phenoxy) is 1. The lowest BCUT2D eigenvalue weighted by Crippen LogP contribution is -2.49. The molecule has 2 aromatic rings. The number of amides is 1. The second-order valence-electron chi connectivity index (χ2n) is 6.50. The van der Waals surface area contributed by atoms with E-state index >= 15 is 0 Å². The Kier molecular flexibility index (Phi) is 4.89. The van der Waals surface area contributed by atoms with Gasteiger partial charge in [-0.3, -0.25) is 4.79 Å². The Morgan fingerprint density at radius 2 is 1.92 bits per heavy atom. The summed E-state index contributed by atoms with van der Waals surface area (Å²) in [5.41, 5.74) is 1.84. The van der Waals surface area contributed by atoms with Crippen LogP contribution in [-0.2, 0) is 10.2 Å². The lowest BCUT2D eigenvalue weighted by Gasteiger charge is -2.41. The Morgan fingerprint density at radius 1 is 1.17 bits per heavy atom. The van der Waals surface area contributed by atoms with Crippen LogP contribution in [0.25, 0.3) is 0 Å². The molecule has 1 atom stereocenters. The zero-order valence-electron chi connectivity index (χ0n) is 14.4. The van der Waals surface area contributed by atoms with E-state index in [2.05, 4.69) is 17.4 Å². The molecular weight excluding hydrogens is 298 g/mol. The summed E-state index contributed by atoms with van der Waals surface area (Å²) >= 11 is 0. The van der Waals surface area contributed by atoms with Gasteiger partial charge < -0.3 is 10.1 Å². The van der Waals surface area contributed by atoms with Crippen molar-refractivity contribution < 1.29 is 9.53 Å². The summed E-state index contributed by atoms with van der Waals surface area (Å²) in [6.45, 7) is 4.64. The number of rotatable bonds is 6. The van der Waals surface area contributed by atoms with E-state index < -0.39 is 0 Å². The number of carbonyl (C=O) groups is 1. The predicted molar refractivity (Wildman–Crippen MR) is 96.1 cm³/mol. The first-order valence-corrected chi connectivity index (χ1v) is 8.75. The molecule has 0 aliphatic heterocycles. The fourth-order valence-corrected chi connectivity index (χ4v) is 3.39. The zero-order valence-corrected chi connectivity index (χ0v) is 14.4. The lowest BCUT2D eigenvalue weighted by atomic mass is 9.63. The Labute approximate surface area is 144 Å². The summed E-state index contributed by atoms with van der Waals surface area (Å²) in [6, 6.07) is 18.1. The third-order valence-electron chi connectivity index (χ3n) is 4.98. The number of hydrogen-bond donors (Lipinski definition) is 1. The molecule has 24 heavy (non-hydrogen) atoms. The quantitative estimate of drug-likeness (QED) is 0.856. The summed E-state index contributed by atoms with van der Waals surface area (Å²) in [5.74, 6) is 0.978. The van der Waals surface area contributed by atoms with Crippen LogP contribution in [0.3, 0.4) is 0 Å². The van der Waals surface area contributed by atoms with Crippen LogP contribution in [0.4, 0.5) is 0 Å². The van der Waals surface area contributed by atoms with Crippen LogP contribution in [-0.4, -0.2) is 12.5 Å². The topological polar surface area (TPSA) is 38.3 Å². The average molecular weight is 323 g/mol. The van der Waals surface area contributed by atoms with Crippen LogP contribution in [0.2, 0.25) is 0 Å². The van der Waals surface area contributed by atoms with E-state index in [1.807, 2.05) is 56.3 Å². The predicted octanol–water partition coefficient (Wildman–Crippen LogP) is 4.38. The number of hydrogen-bond acceptors (Lipinski definition) is 2. The lowest BCUT2D eigenvalue weighted by molar-refractivity contribution is -0.130. The minimum Gasteiger partial charge on any atom is -0.494 e. The van der Waals surface area contributed by atoms with Gasteiger partial charge in [0.05, 0.1) is 18.1 Å². The van der Waals surface area contributed by atoms with E-state index in [0.717, 1.165) is 36.1 Å². The first kappa shape index (κ1) is 16.6. The Morgan fingerprint density at radius 3 is 2.54 bits per heavy atom. The van der Waals surface area contributed by atoms with Crippen LogP contribution in [0, 0.1) is 0 Å². The first-order chi connectivity index (χ1) is 11.7. The highest BCUT2D eigenvalue weighted by atomic mass is 16.5. The molecule has 2 aromatic carbocycles. The van der Waals surface area contributed by atoms with Gasteiger partial charge in [0.25, 0.3) is 0 Å². The van der Waals surface area contributed by atoms with E-state index in [1.54, 1.807) is 0 Å². The molecule has 1 unspecified atom stereocenters. The fraction of sp³-hybridized carbons (Fsp3) is 0.381. The monoisotopic (exact) mass is 323 g/mol. The van der Waals surface area contributed by atoms with Crippen LogP contribution in [0.15, 0.2) is 54.6 Å². The molecule has 1 aliphatic carbocycles. The molecule has 1 aliphatic rings. The van der Waals surface area contributed by atoms with Crippen molar-refractivity contribution in [1.29, 1.82) is 0 Å². The second kappa shape index (κ2) is 7.08. The summed E-state index contributed by atoms with van der Waals surface area (Å²) in [4.78, 5) is 13.0. The van der Waals surface area contributed by atoms with Crippen LogP contribution < -0.4 is 10.1 Å². The van der Waals surface area contributed by atoms with E-state index in [1.165, 1.54) is 0 Å². The maximum absolute atomic E-state index is 13.0. The van der Waals surface area contributed by atoms with Gasteiger partial charge in [-0.15, -0.1) is 0 Å². The van der Waals surface area contributed by atoms with Gasteiger partial charge in [-0.25, -0.2) is 0 Å². The minimum absolute atomic E-state index is 0.0425. The third-order valence-corrected chi connectivity index (χ3v) is 4.98. The molecule has 1 saturated carbocycles. The summed E-state index contributed by atoms with van der Waals surface area (Å²) in [6.07, 6.45) is 2.96. The van der Waals surface area contributed by atoms with Gasteiger partial charge in [-0.05, 0) is 49.9 Å². The van der Waals surface area contributed by atoms with Gasteiger partial charge in [0.15, 0.2) is 0 Å². The fourth-order valence-electron chi connectivity index (χ4n) is 3.39. The van der Waals surface area contributed by atoms with Crippen molar-refractivity contribution in [2.75, 3.05) is 6.61 Å². The smallest absolute Gasteiger partial charge is 0.231 e. The molecule has 0 spiro atoms. The first-order valence-electron chi connectivity index (χ1n) is 8.75. The third kappa shape index (κ3) is 3.16. The summed E-state index contributed by atoms with van der Waals surface area (Å²) in [7, 11) is 0. The van der Waals surface area contributed by atoms with Crippen molar-refractivity contribution in [3.8, 4) is 5.75 Å². The highest BCUT2D eigenvalue weighted by molar-refractivity contribution is 5.89. The Hall–Kier alpha value is -2.29. The van der Waals surface area contributed by atoms with Gasteiger partial charge in [-0.2, -0.15) is 0 Å². The van der Waals surface area contributed by atoms with Crippen LogP contribution in [0.5, 0.6) is 5.75 Å². The number of nitrogens with one attached hydrogen (secondary N) is 1. The highest BCUT2D eigenvalue weighted by Crippen LogP contribution is 2.44. The average Bonchev–Trinajstić information content (AvgIpc) is 2.55. The van der Waals surface area contributed by atoms with Crippen molar-refractivity contribution in [2.45, 2.75) is 44.6 Å².